The van der Waals surface area contributed by atoms with E-state index < -0.39 is 0 Å². The zero-order valence-electron chi connectivity index (χ0n) is 15.9. The van der Waals surface area contributed by atoms with Crippen molar-refractivity contribution in [2.45, 2.75) is 34.6 Å². The minimum Gasteiger partial charge on any atom is -0.322 e. The molecule has 0 saturated heterocycles. The van der Waals surface area contributed by atoms with E-state index in [0.717, 1.165) is 41.4 Å². The van der Waals surface area contributed by atoms with E-state index in [2.05, 4.69) is 41.0 Å². The smallest absolute Gasteiger partial charge is 0.238 e. The Bertz CT molecular complexity index is 759. The van der Waals surface area contributed by atoms with Crippen LogP contribution in [0.1, 0.15) is 30.8 Å². The van der Waals surface area contributed by atoms with Crippen molar-refractivity contribution < 1.29 is 4.79 Å². The molecule has 25 heavy (non-hydrogen) atoms. The summed E-state index contributed by atoms with van der Waals surface area (Å²) in [6.45, 7) is 15.8. The van der Waals surface area contributed by atoms with Gasteiger partial charge in [-0.15, -0.1) is 0 Å². The van der Waals surface area contributed by atoms with E-state index in [1.165, 1.54) is 5.56 Å². The lowest BCUT2D eigenvalue weighted by atomic mass is 10.2. The first-order chi connectivity index (χ1) is 11.8. The molecule has 2 aromatic rings. The summed E-state index contributed by atoms with van der Waals surface area (Å²) in [5.74, 6) is -0.0299. The van der Waals surface area contributed by atoms with Gasteiger partial charge in [0.05, 0.1) is 29.3 Å². The summed E-state index contributed by atoms with van der Waals surface area (Å²) in [7, 11) is 0. The lowest BCUT2D eigenvalue weighted by Gasteiger charge is -2.19. The quantitative estimate of drug-likeness (QED) is 0.783. The van der Waals surface area contributed by atoms with Gasteiger partial charge in [-0.1, -0.05) is 36.8 Å². The topological polar surface area (TPSA) is 50.2 Å². The number of amides is 1. The summed E-state index contributed by atoms with van der Waals surface area (Å²) in [5.41, 5.74) is 5.78. The second-order valence-electron chi connectivity index (χ2n) is 6.60. The highest BCUT2D eigenvalue weighted by atomic mass is 16.2. The van der Waals surface area contributed by atoms with Gasteiger partial charge in [-0.3, -0.25) is 9.69 Å². The molecule has 0 unspecified atom stereocenters. The average Bonchev–Trinajstić information content (AvgIpc) is 2.82. The molecular weight excluding hydrogens is 312 g/mol. The Morgan fingerprint density at radius 3 is 2.40 bits per heavy atom. The largest absolute Gasteiger partial charge is 0.322 e. The maximum atomic E-state index is 12.4. The predicted molar refractivity (Wildman–Crippen MR) is 103 cm³/mol. The van der Waals surface area contributed by atoms with Crippen LogP contribution in [0.3, 0.4) is 0 Å². The molecule has 5 nitrogen and oxygen atoms in total. The first-order valence-corrected chi connectivity index (χ1v) is 8.61. The Balaban J connectivity index is 2.16. The SMILES string of the molecule is C=C(C)CN(CC)CC(=O)Nc1c(C)nn(-c2ccc(C)cc2)c1C. The number of nitrogens with one attached hydrogen (secondary N) is 1. The molecule has 1 heterocycles. The van der Waals surface area contributed by atoms with Crippen LogP contribution in [0.5, 0.6) is 0 Å². The molecule has 5 heteroatoms. The van der Waals surface area contributed by atoms with E-state index in [9.17, 15) is 4.79 Å². The fraction of sp³-hybridized carbons (Fsp3) is 0.400. The summed E-state index contributed by atoms with van der Waals surface area (Å²) < 4.78 is 1.87. The van der Waals surface area contributed by atoms with Crippen LogP contribution in [0.2, 0.25) is 0 Å². The van der Waals surface area contributed by atoms with Gasteiger partial charge in [-0.2, -0.15) is 5.10 Å². The molecule has 1 amide bonds. The van der Waals surface area contributed by atoms with Gasteiger partial charge in [-0.25, -0.2) is 4.68 Å². The van der Waals surface area contributed by atoms with E-state index >= 15 is 0 Å². The van der Waals surface area contributed by atoms with Crippen molar-refractivity contribution in [1.82, 2.24) is 14.7 Å². The van der Waals surface area contributed by atoms with Crippen LogP contribution in [-0.4, -0.2) is 40.2 Å². The third kappa shape index (κ3) is 4.79. The Hall–Kier alpha value is -2.40. The van der Waals surface area contributed by atoms with Crippen LogP contribution < -0.4 is 5.32 Å². The molecule has 0 aliphatic heterocycles. The van der Waals surface area contributed by atoms with Crippen LogP contribution in [0.4, 0.5) is 5.69 Å². The van der Waals surface area contributed by atoms with E-state index in [0.29, 0.717) is 6.54 Å². The zero-order chi connectivity index (χ0) is 18.6. The van der Waals surface area contributed by atoms with E-state index in [-0.39, 0.29) is 5.91 Å². The molecule has 134 valence electrons. The van der Waals surface area contributed by atoms with E-state index in [4.69, 9.17) is 0 Å². The number of likely N-dealkylation sites (N-methyl/N-ethyl adjacent to an activating group) is 1. The fourth-order valence-corrected chi connectivity index (χ4v) is 2.80. The number of aryl methyl sites for hydroxylation is 2. The van der Waals surface area contributed by atoms with E-state index in [1.54, 1.807) is 0 Å². The van der Waals surface area contributed by atoms with Gasteiger partial charge < -0.3 is 5.32 Å². The van der Waals surface area contributed by atoms with Gasteiger partial charge in [0.1, 0.15) is 0 Å². The fourth-order valence-electron chi connectivity index (χ4n) is 2.80. The van der Waals surface area contributed by atoms with Crippen LogP contribution >= 0.6 is 0 Å². The monoisotopic (exact) mass is 340 g/mol. The van der Waals surface area contributed by atoms with Gasteiger partial charge >= 0.3 is 0 Å². The number of carbonyl (C=O) groups excluding carboxylic acids is 1. The minimum absolute atomic E-state index is 0.0299. The van der Waals surface area contributed by atoms with Crippen LogP contribution in [0.25, 0.3) is 5.69 Å². The molecule has 1 N–H and O–H groups in total. The number of hydrogen-bond acceptors (Lipinski definition) is 3. The van der Waals surface area contributed by atoms with Crippen molar-refractivity contribution in [3.05, 3.63) is 53.4 Å². The lowest BCUT2D eigenvalue weighted by molar-refractivity contribution is -0.117. The first kappa shape index (κ1) is 18.9. The predicted octanol–water partition coefficient (Wildman–Crippen LogP) is 3.63. The van der Waals surface area contributed by atoms with E-state index in [1.807, 2.05) is 44.5 Å². The van der Waals surface area contributed by atoms with Crippen molar-refractivity contribution in [3.8, 4) is 5.69 Å². The van der Waals surface area contributed by atoms with Gasteiger partial charge in [0.15, 0.2) is 0 Å². The van der Waals surface area contributed by atoms with Crippen LogP contribution in [-0.2, 0) is 4.79 Å². The number of carbonyl (C=O) groups is 1. The van der Waals surface area contributed by atoms with Crippen molar-refractivity contribution in [3.63, 3.8) is 0 Å². The molecule has 0 atom stereocenters. The van der Waals surface area contributed by atoms with Crippen molar-refractivity contribution in [2.24, 2.45) is 0 Å². The Labute approximate surface area is 150 Å². The highest BCUT2D eigenvalue weighted by molar-refractivity contribution is 5.93. The third-order valence-electron chi connectivity index (χ3n) is 4.14. The average molecular weight is 340 g/mol. The maximum absolute atomic E-state index is 12.4. The molecule has 0 spiro atoms. The number of aromatic nitrogens is 2. The molecule has 1 aromatic heterocycles. The summed E-state index contributed by atoms with van der Waals surface area (Å²) >= 11 is 0. The van der Waals surface area contributed by atoms with Crippen molar-refractivity contribution in [1.29, 1.82) is 0 Å². The standard InChI is InChI=1S/C20H28N4O/c1-7-23(12-14(2)3)13-19(25)21-20-16(5)22-24(17(20)6)18-10-8-15(4)9-11-18/h8-11H,2,7,12-13H2,1,3-6H3,(H,21,25). The Morgan fingerprint density at radius 1 is 1.20 bits per heavy atom. The summed E-state index contributed by atoms with van der Waals surface area (Å²) in [6, 6.07) is 8.18. The molecule has 0 aliphatic rings. The van der Waals surface area contributed by atoms with Gasteiger partial charge in [0, 0.05) is 6.54 Å². The molecule has 0 fully saturated rings. The summed E-state index contributed by atoms with van der Waals surface area (Å²) in [6.07, 6.45) is 0. The number of rotatable bonds is 7. The molecule has 0 aliphatic carbocycles. The first-order valence-electron chi connectivity index (χ1n) is 8.61. The molecule has 0 radical (unpaired) electrons. The van der Waals surface area contributed by atoms with Crippen molar-refractivity contribution in [2.75, 3.05) is 25.0 Å². The molecule has 0 bridgehead atoms. The minimum atomic E-state index is -0.0299. The number of nitrogens with zero attached hydrogens (tertiary/aromatic N) is 3. The van der Waals surface area contributed by atoms with Gasteiger partial charge in [-0.05, 0) is 46.4 Å². The third-order valence-corrected chi connectivity index (χ3v) is 4.14. The lowest BCUT2D eigenvalue weighted by Crippen LogP contribution is -2.34. The highest BCUT2D eigenvalue weighted by Gasteiger charge is 2.16. The molecule has 0 saturated carbocycles. The summed E-state index contributed by atoms with van der Waals surface area (Å²) in [5, 5.41) is 7.61. The van der Waals surface area contributed by atoms with Crippen LogP contribution in [0, 0.1) is 20.8 Å². The zero-order valence-corrected chi connectivity index (χ0v) is 15.9. The summed E-state index contributed by atoms with van der Waals surface area (Å²) in [4.78, 5) is 14.5. The van der Waals surface area contributed by atoms with Gasteiger partial charge in [0.25, 0.3) is 0 Å². The molecule has 1 aromatic carbocycles. The van der Waals surface area contributed by atoms with Crippen LogP contribution in [0.15, 0.2) is 36.4 Å². The highest BCUT2D eigenvalue weighted by Crippen LogP contribution is 2.23. The second-order valence-corrected chi connectivity index (χ2v) is 6.60. The number of hydrogen-bond donors (Lipinski definition) is 1. The van der Waals surface area contributed by atoms with Gasteiger partial charge in [0.2, 0.25) is 5.91 Å². The Kier molecular flexibility index (Phi) is 6.15. The second kappa shape index (κ2) is 8.12. The molecular formula is C20H28N4O. The van der Waals surface area contributed by atoms with Crippen molar-refractivity contribution >= 4 is 11.6 Å². The number of anilines is 1. The maximum Gasteiger partial charge on any atom is 0.238 e. The number of benzene rings is 1. The molecule has 2 rings (SSSR count). The Morgan fingerprint density at radius 2 is 1.84 bits per heavy atom. The normalized spacial score (nSPS) is 11.0.